The lowest BCUT2D eigenvalue weighted by Crippen LogP contribution is -2.37. The fourth-order valence-electron chi connectivity index (χ4n) is 4.29. The molecule has 1 aliphatic carbocycles. The highest BCUT2D eigenvalue weighted by Gasteiger charge is 2.56. The molecule has 1 saturated carbocycles. The van der Waals surface area contributed by atoms with Crippen molar-refractivity contribution < 1.29 is 4.74 Å². The molecule has 4 rings (SSSR count). The van der Waals surface area contributed by atoms with Crippen LogP contribution in [0.1, 0.15) is 29.8 Å². The maximum atomic E-state index is 5.24. The number of rotatable bonds is 6. The first-order valence-electron chi connectivity index (χ1n) is 9.12. The Kier molecular flexibility index (Phi) is 4.80. The highest BCUT2D eigenvalue weighted by atomic mass is 32.1. The molecule has 1 aliphatic heterocycles. The van der Waals surface area contributed by atoms with E-state index in [1.54, 1.807) is 18.4 Å². The summed E-state index contributed by atoms with van der Waals surface area (Å²) in [7, 11) is 3.99. The molecule has 2 heterocycles. The van der Waals surface area contributed by atoms with E-state index in [2.05, 4.69) is 51.5 Å². The second-order valence-corrected chi connectivity index (χ2v) is 8.53. The minimum absolute atomic E-state index is 0.572. The first kappa shape index (κ1) is 17.0. The highest BCUT2D eigenvalue weighted by Crippen LogP contribution is 2.56. The molecule has 1 saturated heterocycles. The largest absolute Gasteiger partial charge is 0.497 e. The Hall–Kier alpha value is -1.43. The van der Waals surface area contributed by atoms with Crippen LogP contribution in [0.4, 0.5) is 0 Å². The van der Waals surface area contributed by atoms with Crippen LogP contribution in [-0.4, -0.2) is 48.1 Å². The summed E-state index contributed by atoms with van der Waals surface area (Å²) in [5.41, 5.74) is 1.95. The second-order valence-electron chi connectivity index (χ2n) is 7.55. The Morgan fingerprint density at radius 3 is 2.68 bits per heavy atom. The number of methoxy groups -OCH3 is 1. The quantitative estimate of drug-likeness (QED) is 0.789. The maximum Gasteiger partial charge on any atom is 0.118 e. The van der Waals surface area contributed by atoms with Crippen molar-refractivity contribution >= 4 is 11.3 Å². The molecule has 0 bridgehead atoms. The van der Waals surface area contributed by atoms with Gasteiger partial charge in [-0.2, -0.15) is 0 Å². The molecule has 1 aromatic heterocycles. The van der Waals surface area contributed by atoms with E-state index in [0.717, 1.165) is 24.9 Å². The zero-order valence-corrected chi connectivity index (χ0v) is 16.0. The summed E-state index contributed by atoms with van der Waals surface area (Å²) in [5, 5.41) is 3.31. The van der Waals surface area contributed by atoms with Crippen LogP contribution >= 0.6 is 11.3 Å². The van der Waals surface area contributed by atoms with E-state index in [1.807, 2.05) is 6.20 Å². The number of thiazole rings is 1. The predicted molar refractivity (Wildman–Crippen MR) is 102 cm³/mol. The number of nitrogens with zero attached hydrogens (tertiary/aromatic N) is 3. The molecule has 2 fully saturated rings. The predicted octanol–water partition coefficient (Wildman–Crippen LogP) is 3.64. The molecule has 4 nitrogen and oxygen atoms in total. The zero-order valence-electron chi connectivity index (χ0n) is 15.1. The second kappa shape index (κ2) is 7.06. The van der Waals surface area contributed by atoms with E-state index < -0.39 is 0 Å². The molecule has 2 aliphatic rings. The van der Waals surface area contributed by atoms with E-state index >= 15 is 0 Å². The Morgan fingerprint density at radius 1 is 1.28 bits per heavy atom. The van der Waals surface area contributed by atoms with Crippen molar-refractivity contribution in [2.24, 2.45) is 5.41 Å². The van der Waals surface area contributed by atoms with Gasteiger partial charge in [-0.3, -0.25) is 9.80 Å². The van der Waals surface area contributed by atoms with E-state index in [0.29, 0.717) is 5.41 Å². The molecule has 1 unspecified atom stereocenters. The minimum atomic E-state index is 0.572. The maximum absolute atomic E-state index is 5.24. The minimum Gasteiger partial charge on any atom is -0.497 e. The van der Waals surface area contributed by atoms with Crippen LogP contribution < -0.4 is 4.74 Å². The van der Waals surface area contributed by atoms with Gasteiger partial charge in [-0.1, -0.05) is 12.1 Å². The summed E-state index contributed by atoms with van der Waals surface area (Å²) in [6.07, 6.45) is 5.94. The average molecular weight is 358 g/mol. The van der Waals surface area contributed by atoms with Crippen LogP contribution in [-0.2, 0) is 13.1 Å². The van der Waals surface area contributed by atoms with E-state index in [4.69, 9.17) is 4.74 Å². The summed E-state index contributed by atoms with van der Waals surface area (Å²) in [5.74, 6) is 0.936. The summed E-state index contributed by atoms with van der Waals surface area (Å²) < 4.78 is 5.24. The number of piperidine rings is 1. The van der Waals surface area contributed by atoms with Crippen molar-refractivity contribution in [3.63, 3.8) is 0 Å². The number of hydrogen-bond donors (Lipinski definition) is 0. The lowest BCUT2D eigenvalue weighted by Gasteiger charge is -2.34. The van der Waals surface area contributed by atoms with Gasteiger partial charge < -0.3 is 4.74 Å². The van der Waals surface area contributed by atoms with E-state index in [1.165, 1.54) is 42.9 Å². The van der Waals surface area contributed by atoms with Crippen molar-refractivity contribution in [3.05, 3.63) is 46.4 Å². The summed E-state index contributed by atoms with van der Waals surface area (Å²) in [6, 6.07) is 9.24. The van der Waals surface area contributed by atoms with Gasteiger partial charge >= 0.3 is 0 Å². The van der Waals surface area contributed by atoms with Crippen molar-refractivity contribution in [2.75, 3.05) is 27.2 Å². The Labute approximate surface area is 154 Å². The third kappa shape index (κ3) is 3.73. The molecule has 0 amide bonds. The van der Waals surface area contributed by atoms with Crippen molar-refractivity contribution in [3.8, 4) is 5.75 Å². The summed E-state index contributed by atoms with van der Waals surface area (Å²) in [4.78, 5) is 9.56. The normalized spacial score (nSPS) is 22.4. The van der Waals surface area contributed by atoms with Gasteiger partial charge in [-0.15, -0.1) is 11.3 Å². The van der Waals surface area contributed by atoms with Crippen LogP contribution in [0.5, 0.6) is 5.75 Å². The standard InChI is InChI=1S/C20H27N3OS/c1-22(15-19-21-9-12-25-19)18-13-20(18)7-10-23(11-8-20)14-16-3-5-17(24-2)6-4-16/h3-6,9,12,18H,7-8,10-11,13-15H2,1-2H3. The fourth-order valence-corrected chi connectivity index (χ4v) is 4.97. The number of hydrogen-bond acceptors (Lipinski definition) is 5. The topological polar surface area (TPSA) is 28.6 Å². The average Bonchev–Trinajstić information content (AvgIpc) is 3.09. The molecule has 2 aromatic rings. The van der Waals surface area contributed by atoms with Crippen LogP contribution in [0, 0.1) is 5.41 Å². The SMILES string of the molecule is COc1ccc(CN2CCC3(CC2)CC3N(C)Cc2nccs2)cc1. The van der Waals surface area contributed by atoms with Crippen molar-refractivity contribution in [2.45, 2.75) is 38.4 Å². The Balaban J connectivity index is 1.27. The van der Waals surface area contributed by atoms with Gasteiger partial charge in [0.1, 0.15) is 10.8 Å². The monoisotopic (exact) mass is 357 g/mol. The lowest BCUT2D eigenvalue weighted by molar-refractivity contribution is 0.139. The third-order valence-corrected chi connectivity index (χ3v) is 6.73. The van der Waals surface area contributed by atoms with Gasteiger partial charge in [0.25, 0.3) is 0 Å². The molecule has 1 atom stereocenters. The molecule has 0 N–H and O–H groups in total. The van der Waals surface area contributed by atoms with Gasteiger partial charge in [-0.05, 0) is 62.5 Å². The van der Waals surface area contributed by atoms with Crippen molar-refractivity contribution in [1.29, 1.82) is 0 Å². The first-order chi connectivity index (χ1) is 12.2. The molecular formula is C20H27N3OS. The molecule has 5 heteroatoms. The van der Waals surface area contributed by atoms with Crippen LogP contribution in [0.15, 0.2) is 35.8 Å². The third-order valence-electron chi connectivity index (χ3n) is 5.96. The summed E-state index contributed by atoms with van der Waals surface area (Å²) in [6.45, 7) is 4.49. The van der Waals surface area contributed by atoms with Gasteiger partial charge in [0.2, 0.25) is 0 Å². The van der Waals surface area contributed by atoms with E-state index in [-0.39, 0.29) is 0 Å². The number of ether oxygens (including phenoxy) is 1. The van der Waals surface area contributed by atoms with Gasteiger partial charge in [0.15, 0.2) is 0 Å². The van der Waals surface area contributed by atoms with Crippen LogP contribution in [0.2, 0.25) is 0 Å². The molecule has 1 aromatic carbocycles. The number of likely N-dealkylation sites (tertiary alicyclic amines) is 1. The van der Waals surface area contributed by atoms with Gasteiger partial charge in [0, 0.05) is 24.2 Å². The van der Waals surface area contributed by atoms with Crippen molar-refractivity contribution in [1.82, 2.24) is 14.8 Å². The van der Waals surface area contributed by atoms with E-state index in [9.17, 15) is 0 Å². The van der Waals surface area contributed by atoms with Crippen LogP contribution in [0.25, 0.3) is 0 Å². The highest BCUT2D eigenvalue weighted by molar-refractivity contribution is 7.09. The zero-order chi connectivity index (χ0) is 17.3. The van der Waals surface area contributed by atoms with Gasteiger partial charge in [0.05, 0.1) is 13.7 Å². The molecular weight excluding hydrogens is 330 g/mol. The smallest absolute Gasteiger partial charge is 0.118 e. The molecule has 1 spiro atoms. The Bertz CT molecular complexity index is 677. The fraction of sp³-hybridized carbons (Fsp3) is 0.550. The Morgan fingerprint density at radius 2 is 2.04 bits per heavy atom. The van der Waals surface area contributed by atoms with Crippen LogP contribution in [0.3, 0.4) is 0 Å². The summed E-state index contributed by atoms with van der Waals surface area (Å²) >= 11 is 1.77. The molecule has 134 valence electrons. The number of benzene rings is 1. The number of aromatic nitrogens is 1. The molecule has 0 radical (unpaired) electrons. The molecule has 25 heavy (non-hydrogen) atoms. The first-order valence-corrected chi connectivity index (χ1v) is 10.0. The lowest BCUT2D eigenvalue weighted by atomic mass is 9.92. The van der Waals surface area contributed by atoms with Gasteiger partial charge in [-0.25, -0.2) is 4.98 Å².